The molecule has 4 nitrogen and oxygen atoms in total. The van der Waals surface area contributed by atoms with E-state index in [0.717, 1.165) is 11.1 Å². The molecule has 142 valence electrons. The maximum Gasteiger partial charge on any atom is 0.254 e. The number of benzene rings is 3. The van der Waals surface area contributed by atoms with Crippen molar-refractivity contribution in [1.29, 1.82) is 0 Å². The average molecular weight is 372 g/mol. The van der Waals surface area contributed by atoms with E-state index in [-0.39, 0.29) is 11.8 Å². The zero-order chi connectivity index (χ0) is 19.8. The first-order valence-electron chi connectivity index (χ1n) is 9.42. The van der Waals surface area contributed by atoms with Crippen molar-refractivity contribution in [1.82, 2.24) is 10.2 Å². The molecule has 1 N–H and O–H groups in total. The van der Waals surface area contributed by atoms with Crippen molar-refractivity contribution in [2.24, 2.45) is 0 Å². The molecule has 0 saturated heterocycles. The molecule has 4 heteroatoms. The molecular formula is C24H24N2O2. The summed E-state index contributed by atoms with van der Waals surface area (Å²) in [6.45, 7) is 3.54. The minimum atomic E-state index is -0.190. The molecule has 0 fully saturated rings. The Bertz CT molecular complexity index is 924. The van der Waals surface area contributed by atoms with Crippen molar-refractivity contribution in [3.8, 4) is 0 Å². The summed E-state index contributed by atoms with van der Waals surface area (Å²) in [6, 6.07) is 26.5. The second-order valence-electron chi connectivity index (χ2n) is 6.55. The lowest BCUT2D eigenvalue weighted by molar-refractivity contribution is 0.0752. The van der Waals surface area contributed by atoms with Crippen LogP contribution >= 0.6 is 0 Å². The number of hydrogen-bond acceptors (Lipinski definition) is 2. The van der Waals surface area contributed by atoms with Crippen molar-refractivity contribution in [2.45, 2.75) is 20.0 Å². The fourth-order valence-electron chi connectivity index (χ4n) is 2.99. The van der Waals surface area contributed by atoms with Crippen LogP contribution in [0.3, 0.4) is 0 Å². The van der Waals surface area contributed by atoms with Gasteiger partial charge in [0.05, 0.1) is 0 Å². The zero-order valence-corrected chi connectivity index (χ0v) is 16.0. The predicted molar refractivity (Wildman–Crippen MR) is 111 cm³/mol. The van der Waals surface area contributed by atoms with Crippen molar-refractivity contribution in [2.75, 3.05) is 6.54 Å². The molecule has 0 atom stereocenters. The van der Waals surface area contributed by atoms with Crippen LogP contribution in [0.25, 0.3) is 0 Å². The van der Waals surface area contributed by atoms with Gasteiger partial charge < -0.3 is 10.2 Å². The largest absolute Gasteiger partial charge is 0.348 e. The molecule has 28 heavy (non-hydrogen) atoms. The molecule has 0 heterocycles. The number of nitrogens with zero attached hydrogens (tertiary/aromatic N) is 1. The molecule has 0 radical (unpaired) electrons. The van der Waals surface area contributed by atoms with E-state index >= 15 is 0 Å². The van der Waals surface area contributed by atoms with Crippen LogP contribution in [0.15, 0.2) is 84.9 Å². The number of carbonyl (C=O) groups excluding carboxylic acids is 2. The van der Waals surface area contributed by atoms with E-state index in [1.165, 1.54) is 0 Å². The lowest BCUT2D eigenvalue weighted by atomic mass is 10.1. The maximum absolute atomic E-state index is 12.9. The summed E-state index contributed by atoms with van der Waals surface area (Å²) in [7, 11) is 0. The Hall–Kier alpha value is -3.40. The zero-order valence-electron chi connectivity index (χ0n) is 16.0. The second-order valence-corrected chi connectivity index (χ2v) is 6.55. The molecule has 0 aliphatic rings. The summed E-state index contributed by atoms with van der Waals surface area (Å²) in [5.41, 5.74) is 3.11. The predicted octanol–water partition coefficient (Wildman–Crippen LogP) is 4.28. The quantitative estimate of drug-likeness (QED) is 0.673. The van der Waals surface area contributed by atoms with Crippen molar-refractivity contribution in [3.05, 3.63) is 107 Å². The van der Waals surface area contributed by atoms with Gasteiger partial charge in [0, 0.05) is 30.8 Å². The van der Waals surface area contributed by atoms with Gasteiger partial charge in [-0.05, 0) is 36.2 Å². The number of carbonyl (C=O) groups is 2. The van der Waals surface area contributed by atoms with Crippen LogP contribution in [0.4, 0.5) is 0 Å². The Balaban J connectivity index is 1.68. The van der Waals surface area contributed by atoms with Crippen LogP contribution in [-0.2, 0) is 13.1 Å². The minimum absolute atomic E-state index is 0.0796. The van der Waals surface area contributed by atoms with Crippen LogP contribution in [0.5, 0.6) is 0 Å². The summed E-state index contributed by atoms with van der Waals surface area (Å²) < 4.78 is 0. The smallest absolute Gasteiger partial charge is 0.254 e. The fraction of sp³-hybridized carbons (Fsp3) is 0.167. The molecule has 3 aromatic carbocycles. The highest BCUT2D eigenvalue weighted by Gasteiger charge is 2.16. The average Bonchev–Trinajstić information content (AvgIpc) is 2.77. The Morgan fingerprint density at radius 2 is 1.39 bits per heavy atom. The lowest BCUT2D eigenvalue weighted by Gasteiger charge is -2.21. The van der Waals surface area contributed by atoms with Gasteiger partial charge in [0.1, 0.15) is 0 Å². The molecule has 2 amide bonds. The van der Waals surface area contributed by atoms with Gasteiger partial charge in [0.2, 0.25) is 0 Å². The van der Waals surface area contributed by atoms with E-state index in [1.807, 2.05) is 67.6 Å². The summed E-state index contributed by atoms with van der Waals surface area (Å²) in [5.74, 6) is -0.270. The van der Waals surface area contributed by atoms with E-state index in [1.54, 1.807) is 29.2 Å². The van der Waals surface area contributed by atoms with E-state index in [4.69, 9.17) is 0 Å². The molecule has 0 bridgehead atoms. The van der Waals surface area contributed by atoms with Crippen molar-refractivity contribution < 1.29 is 9.59 Å². The highest BCUT2D eigenvalue weighted by molar-refractivity contribution is 5.99. The van der Waals surface area contributed by atoms with Gasteiger partial charge in [0.15, 0.2) is 0 Å². The highest BCUT2D eigenvalue weighted by atomic mass is 16.2. The monoisotopic (exact) mass is 372 g/mol. The number of amides is 2. The molecule has 0 aromatic heterocycles. The topological polar surface area (TPSA) is 49.4 Å². The summed E-state index contributed by atoms with van der Waals surface area (Å²) in [6.07, 6.45) is 0. The second kappa shape index (κ2) is 9.51. The Morgan fingerprint density at radius 3 is 2.04 bits per heavy atom. The molecule has 0 spiro atoms. The van der Waals surface area contributed by atoms with Gasteiger partial charge in [0.25, 0.3) is 11.8 Å². The first-order chi connectivity index (χ1) is 13.7. The minimum Gasteiger partial charge on any atom is -0.348 e. The van der Waals surface area contributed by atoms with Gasteiger partial charge in [-0.15, -0.1) is 0 Å². The van der Waals surface area contributed by atoms with Crippen LogP contribution in [0.1, 0.15) is 38.8 Å². The third-order valence-corrected chi connectivity index (χ3v) is 4.55. The van der Waals surface area contributed by atoms with E-state index < -0.39 is 0 Å². The molecule has 0 saturated carbocycles. The molecule has 0 aliphatic heterocycles. The van der Waals surface area contributed by atoms with Gasteiger partial charge in [-0.25, -0.2) is 0 Å². The van der Waals surface area contributed by atoms with E-state index in [0.29, 0.717) is 30.8 Å². The molecule has 3 rings (SSSR count). The fourth-order valence-corrected chi connectivity index (χ4v) is 2.99. The van der Waals surface area contributed by atoms with Crippen LogP contribution < -0.4 is 5.32 Å². The first kappa shape index (κ1) is 19.4. The highest BCUT2D eigenvalue weighted by Crippen LogP contribution is 2.12. The maximum atomic E-state index is 12.9. The third-order valence-electron chi connectivity index (χ3n) is 4.55. The van der Waals surface area contributed by atoms with Crippen LogP contribution in [-0.4, -0.2) is 23.3 Å². The Labute approximate surface area is 165 Å². The summed E-state index contributed by atoms with van der Waals surface area (Å²) in [4.78, 5) is 27.2. The van der Waals surface area contributed by atoms with Crippen molar-refractivity contribution in [3.63, 3.8) is 0 Å². The third kappa shape index (κ3) is 5.07. The Kier molecular flexibility index (Phi) is 6.58. The summed E-state index contributed by atoms with van der Waals surface area (Å²) >= 11 is 0. The summed E-state index contributed by atoms with van der Waals surface area (Å²) in [5, 5.41) is 2.90. The number of hydrogen-bond donors (Lipinski definition) is 1. The molecule has 0 aliphatic carbocycles. The van der Waals surface area contributed by atoms with Gasteiger partial charge in [-0.1, -0.05) is 66.7 Å². The normalized spacial score (nSPS) is 10.3. The number of nitrogens with one attached hydrogen (secondary N) is 1. The van der Waals surface area contributed by atoms with Gasteiger partial charge >= 0.3 is 0 Å². The number of rotatable bonds is 7. The van der Waals surface area contributed by atoms with E-state index in [9.17, 15) is 9.59 Å². The lowest BCUT2D eigenvalue weighted by Crippen LogP contribution is -2.30. The molecule has 3 aromatic rings. The van der Waals surface area contributed by atoms with Crippen LogP contribution in [0, 0.1) is 0 Å². The van der Waals surface area contributed by atoms with Gasteiger partial charge in [-0.3, -0.25) is 9.59 Å². The SMILES string of the molecule is CCN(Cc1ccccc1)C(=O)c1cccc(C(=O)NCc2ccccc2)c1. The Morgan fingerprint density at radius 1 is 0.786 bits per heavy atom. The first-order valence-corrected chi connectivity index (χ1v) is 9.42. The van der Waals surface area contributed by atoms with Crippen LogP contribution in [0.2, 0.25) is 0 Å². The molecular weight excluding hydrogens is 348 g/mol. The van der Waals surface area contributed by atoms with E-state index in [2.05, 4.69) is 5.32 Å². The van der Waals surface area contributed by atoms with Gasteiger partial charge in [-0.2, -0.15) is 0 Å². The van der Waals surface area contributed by atoms with Crippen molar-refractivity contribution >= 4 is 11.8 Å². The molecule has 0 unspecified atom stereocenters. The standard InChI is InChI=1S/C24H24N2O2/c1-2-26(18-20-12-7-4-8-13-20)24(28)22-15-9-14-21(16-22)23(27)25-17-19-10-5-3-6-11-19/h3-16H,2,17-18H2,1H3,(H,25,27).